The molecule has 0 unspecified atom stereocenters. The van der Waals surface area contributed by atoms with E-state index in [1.54, 1.807) is 23.5 Å². The lowest BCUT2D eigenvalue weighted by molar-refractivity contribution is 0.651. The third-order valence-corrected chi connectivity index (χ3v) is 27.6. The van der Waals surface area contributed by atoms with Gasteiger partial charge in [-0.1, -0.05) is 253 Å². The molecule has 14 aromatic carbocycles. The number of para-hydroxylation sites is 4. The Kier molecular flexibility index (Phi) is 13.7. The van der Waals surface area contributed by atoms with Crippen LogP contribution in [0.4, 0.5) is 0 Å². The van der Waals surface area contributed by atoms with Gasteiger partial charge in [-0.15, -0.1) is 22.7 Å². The van der Waals surface area contributed by atoms with Gasteiger partial charge < -0.3 is 13.8 Å². The lowest BCUT2D eigenvalue weighted by atomic mass is 10.00. The fraction of sp³-hybridized carbons (Fsp3) is 0. The number of benzene rings is 14. The van der Waals surface area contributed by atoms with Gasteiger partial charge in [0.1, 0.15) is 11.2 Å². The fourth-order valence-electron chi connectivity index (χ4n) is 15.5. The van der Waals surface area contributed by atoms with E-state index in [1.807, 2.05) is 82.6 Å². The summed E-state index contributed by atoms with van der Waals surface area (Å²) >= 11 is 17.2. The van der Waals surface area contributed by atoms with Crippen LogP contribution in [-0.4, -0.2) is 29.5 Å². The zero-order valence-corrected chi connectivity index (χ0v) is 59.6. The molecule has 0 fully saturated rings. The molecule has 0 amide bonds. The highest BCUT2D eigenvalue weighted by molar-refractivity contribution is 8.05. The van der Waals surface area contributed by atoms with E-state index < -0.39 is 0 Å². The van der Waals surface area contributed by atoms with Crippen molar-refractivity contribution in [2.24, 2.45) is 0 Å². The van der Waals surface area contributed by atoms with Crippen LogP contribution in [0.15, 0.2) is 327 Å². The van der Waals surface area contributed by atoms with Gasteiger partial charge in [0.15, 0.2) is 0 Å². The molecule has 0 spiro atoms. The molecule has 15 heteroatoms. The molecule has 0 radical (unpaired) electrons. The van der Waals surface area contributed by atoms with Crippen molar-refractivity contribution in [1.82, 2.24) is 29.5 Å². The number of thiophene rings is 2. The maximum absolute atomic E-state index is 6.60. The number of halogens is 1. The predicted octanol–water partition coefficient (Wildman–Crippen LogP) is 27.4. The zero-order valence-electron chi connectivity index (χ0n) is 53.9. The molecule has 0 aliphatic carbocycles. The first-order valence-corrected chi connectivity index (χ1v) is 39.0. The Bertz CT molecular complexity index is 7390. The summed E-state index contributed by atoms with van der Waals surface area (Å²) in [5.41, 5.74) is 11.1. The zero-order chi connectivity index (χ0) is 67.5. The minimum atomic E-state index is 0.188. The van der Waals surface area contributed by atoms with E-state index >= 15 is 0 Å². The molecule has 2 aliphatic rings. The van der Waals surface area contributed by atoms with Gasteiger partial charge in [-0.2, -0.15) is 9.97 Å². The molecule has 0 bridgehead atoms. The molecule has 484 valence electrons. The second-order valence-electron chi connectivity index (χ2n) is 25.5. The number of nitrogens with zero attached hydrogens (tertiary/aromatic N) is 5. The van der Waals surface area contributed by atoms with Crippen molar-refractivity contribution in [3.05, 3.63) is 284 Å². The van der Waals surface area contributed by atoms with Crippen LogP contribution in [0.1, 0.15) is 0 Å². The van der Waals surface area contributed by atoms with E-state index in [-0.39, 0.29) is 5.28 Å². The number of furan rings is 2. The summed E-state index contributed by atoms with van der Waals surface area (Å²) in [6.07, 6.45) is 0. The number of fused-ring (bicyclic) bond motifs is 30. The molecular formula is C88H47ClN6O2S6. The van der Waals surface area contributed by atoms with E-state index in [0.717, 1.165) is 66.3 Å². The molecule has 22 aromatic rings. The van der Waals surface area contributed by atoms with Crippen molar-refractivity contribution in [2.45, 2.75) is 39.2 Å². The molecule has 10 heterocycles. The van der Waals surface area contributed by atoms with Crippen LogP contribution in [0, 0.1) is 0 Å². The van der Waals surface area contributed by atoms with Crippen LogP contribution in [0.2, 0.25) is 5.28 Å². The molecule has 2 aliphatic heterocycles. The number of rotatable bonds is 3. The van der Waals surface area contributed by atoms with Gasteiger partial charge in [0.25, 0.3) is 0 Å². The first kappa shape index (κ1) is 59.7. The number of H-pyrrole nitrogens is 1. The van der Waals surface area contributed by atoms with Crippen LogP contribution in [0.25, 0.3) is 178 Å². The predicted molar refractivity (Wildman–Crippen MR) is 435 cm³/mol. The standard InChI is InChI=1S/C44H23N3OS3.C22H11ClN2OS2.C22H13NS/c1-2-13-25-24(12-1)36-28-16-5-8-20-32(28)50-42(36)38-26-14-3-6-18-30(26)47(40(25)38)44-45-39(37-27-15-4-7-19-31(27)48-43(37)46-44)29-17-11-23-35-41(29)51-34-22-10-9-21-33(34)49-35;23-22-24-19(18-12-6-1-2-8-14(12)26-21(18)25-22)13-7-5-11-17-20(13)28-16-10-4-3-9-15(16)27-17;1-2-8-14-13(7-1)19-16-10-4-6-12-18(16)24-22(19)20-15-9-3-5-11-17(15)23-21(14)20/h1-23H;1-11H;1-12,23H. The molecule has 8 nitrogen and oxygen atoms in total. The van der Waals surface area contributed by atoms with Crippen LogP contribution in [0.5, 0.6) is 0 Å². The van der Waals surface area contributed by atoms with Crippen LogP contribution in [-0.2, 0) is 0 Å². The molecule has 0 saturated heterocycles. The van der Waals surface area contributed by atoms with Crippen LogP contribution < -0.4 is 0 Å². The topological polar surface area (TPSA) is 98.6 Å². The van der Waals surface area contributed by atoms with Gasteiger partial charge in [0.2, 0.25) is 22.7 Å². The minimum absolute atomic E-state index is 0.188. The van der Waals surface area contributed by atoms with Gasteiger partial charge in [0.05, 0.1) is 38.7 Å². The van der Waals surface area contributed by atoms with Crippen molar-refractivity contribution >= 4 is 231 Å². The third-order valence-electron chi connectivity index (χ3n) is 19.8. The molecule has 0 atom stereocenters. The van der Waals surface area contributed by atoms with E-state index in [4.69, 9.17) is 30.4 Å². The van der Waals surface area contributed by atoms with Crippen molar-refractivity contribution < 1.29 is 8.83 Å². The summed E-state index contributed by atoms with van der Waals surface area (Å²) in [6, 6.07) is 98.5. The van der Waals surface area contributed by atoms with Gasteiger partial charge in [-0.3, -0.25) is 4.57 Å². The Labute approximate surface area is 616 Å². The van der Waals surface area contributed by atoms with E-state index in [1.165, 1.54) is 134 Å². The molecule has 8 aromatic heterocycles. The fourth-order valence-corrected chi connectivity index (χ4v) is 23.0. The summed E-state index contributed by atoms with van der Waals surface area (Å²) in [7, 11) is 0. The Morgan fingerprint density at radius 3 is 1.36 bits per heavy atom. The maximum Gasteiger partial charge on any atom is 0.238 e. The first-order valence-electron chi connectivity index (χ1n) is 33.7. The Hall–Kier alpha value is -10.9. The summed E-state index contributed by atoms with van der Waals surface area (Å²) < 4.78 is 20.1. The molecule has 24 rings (SSSR count). The molecule has 103 heavy (non-hydrogen) atoms. The SMILES string of the molecule is Clc1nc(-c2cccc3c2Sc2ccccc2S3)c2c(n1)oc1ccccc12.c1ccc2c(c1)Sc1cccc(-c3nc(-n4c5ccccc5c5c6sc7ccccc7c6c6ccccc6c54)nc4oc5ccccc5c34)c1S2.c1ccc2c(c1)[nH]c1c3ccccc3c3c4ccccc4sc3c21. The maximum atomic E-state index is 6.60. The summed E-state index contributed by atoms with van der Waals surface area (Å²) in [5, 5.41) is 19.5. The summed E-state index contributed by atoms with van der Waals surface area (Å²) in [4.78, 5) is 33.4. The number of hydrogen-bond donors (Lipinski definition) is 1. The average Bonchev–Trinajstić information content (AvgIpc) is 1.56. The number of nitrogens with one attached hydrogen (secondary N) is 1. The Morgan fingerprint density at radius 1 is 0.320 bits per heavy atom. The second kappa shape index (κ2) is 23.6. The number of aromatic amines is 1. The van der Waals surface area contributed by atoms with E-state index in [2.05, 4.69) is 262 Å². The third kappa shape index (κ3) is 9.28. The molecule has 0 saturated carbocycles. The Balaban J connectivity index is 0.000000108. The highest BCUT2D eigenvalue weighted by Gasteiger charge is 2.30. The van der Waals surface area contributed by atoms with Crippen molar-refractivity contribution in [2.75, 3.05) is 0 Å². The second-order valence-corrected chi connectivity index (χ2v) is 32.2. The van der Waals surface area contributed by atoms with Gasteiger partial charge in [-0.25, -0.2) is 9.97 Å². The lowest BCUT2D eigenvalue weighted by Gasteiger charge is -2.21. The highest BCUT2D eigenvalue weighted by Crippen LogP contribution is 2.56. The molecule has 1 N–H and O–H groups in total. The van der Waals surface area contributed by atoms with Crippen LogP contribution >= 0.6 is 81.3 Å². The Morgan fingerprint density at radius 2 is 0.757 bits per heavy atom. The van der Waals surface area contributed by atoms with Gasteiger partial charge in [0, 0.05) is 139 Å². The molecular weight excluding hydrogens is 1400 g/mol. The smallest absolute Gasteiger partial charge is 0.238 e. The normalized spacial score (nSPS) is 12.7. The van der Waals surface area contributed by atoms with E-state index in [0.29, 0.717) is 17.4 Å². The van der Waals surface area contributed by atoms with Crippen molar-refractivity contribution in [1.29, 1.82) is 0 Å². The van der Waals surface area contributed by atoms with Crippen molar-refractivity contribution in [3.8, 4) is 28.5 Å². The van der Waals surface area contributed by atoms with Crippen molar-refractivity contribution in [3.63, 3.8) is 0 Å². The van der Waals surface area contributed by atoms with E-state index in [9.17, 15) is 0 Å². The highest BCUT2D eigenvalue weighted by atomic mass is 35.5. The summed E-state index contributed by atoms with van der Waals surface area (Å²) in [6.45, 7) is 0. The minimum Gasteiger partial charge on any atom is -0.438 e. The quantitative estimate of drug-likeness (QED) is 0.172. The summed E-state index contributed by atoms with van der Waals surface area (Å²) in [5.74, 6) is 0.597. The van der Waals surface area contributed by atoms with Gasteiger partial charge in [-0.05, 0) is 95.2 Å². The van der Waals surface area contributed by atoms with Crippen LogP contribution in [0.3, 0.4) is 0 Å². The lowest BCUT2D eigenvalue weighted by Crippen LogP contribution is -2.04. The number of aromatic nitrogens is 6. The largest absolute Gasteiger partial charge is 0.438 e. The monoisotopic (exact) mass is 1450 g/mol. The number of hydrogen-bond acceptors (Lipinski definition) is 12. The first-order chi connectivity index (χ1) is 51.0. The average molecular weight is 1450 g/mol. The van der Waals surface area contributed by atoms with Gasteiger partial charge >= 0.3 is 0 Å².